The minimum absolute atomic E-state index is 0.230. The molecule has 0 bridgehead atoms. The topological polar surface area (TPSA) is 67.8 Å². The number of aliphatic hydroxyl groups excluding tert-OH is 1. The van der Waals surface area contributed by atoms with Crippen molar-refractivity contribution in [1.29, 1.82) is 0 Å². The molecule has 0 spiro atoms. The standard InChI is InChI=1S/C15H21NO4/c1-5-8-16-15(18)11(3)20-13-7-6-12(10(2)17)9-14(13)19-4/h5-7,9-11,17H,1,8H2,2-4H3,(H,16,18)/t10-,11?/m0/s1. The second kappa shape index (κ2) is 7.55. The summed E-state index contributed by atoms with van der Waals surface area (Å²) in [4.78, 5) is 11.7. The van der Waals surface area contributed by atoms with Gasteiger partial charge in [-0.05, 0) is 31.5 Å². The van der Waals surface area contributed by atoms with Gasteiger partial charge in [0.25, 0.3) is 5.91 Å². The SMILES string of the molecule is C=CCNC(=O)C(C)Oc1ccc([C@H](C)O)cc1OC. The van der Waals surface area contributed by atoms with E-state index < -0.39 is 12.2 Å². The van der Waals surface area contributed by atoms with E-state index in [9.17, 15) is 9.90 Å². The maximum atomic E-state index is 11.7. The van der Waals surface area contributed by atoms with Crippen LogP contribution in [-0.4, -0.2) is 30.8 Å². The van der Waals surface area contributed by atoms with Gasteiger partial charge in [-0.1, -0.05) is 12.1 Å². The van der Waals surface area contributed by atoms with E-state index in [4.69, 9.17) is 9.47 Å². The van der Waals surface area contributed by atoms with Gasteiger partial charge in [0, 0.05) is 6.54 Å². The van der Waals surface area contributed by atoms with Crippen LogP contribution in [0.25, 0.3) is 0 Å². The van der Waals surface area contributed by atoms with Gasteiger partial charge >= 0.3 is 0 Å². The number of hydrogen-bond donors (Lipinski definition) is 2. The smallest absolute Gasteiger partial charge is 0.261 e. The Morgan fingerprint density at radius 2 is 2.15 bits per heavy atom. The summed E-state index contributed by atoms with van der Waals surface area (Å²) in [6.45, 7) is 7.24. The van der Waals surface area contributed by atoms with Crippen LogP contribution in [0.1, 0.15) is 25.5 Å². The molecule has 1 aromatic carbocycles. The van der Waals surface area contributed by atoms with Crippen molar-refractivity contribution in [3.63, 3.8) is 0 Å². The number of nitrogens with one attached hydrogen (secondary N) is 1. The highest BCUT2D eigenvalue weighted by Crippen LogP contribution is 2.30. The third-order valence-corrected chi connectivity index (χ3v) is 2.76. The largest absolute Gasteiger partial charge is 0.493 e. The van der Waals surface area contributed by atoms with Crippen LogP contribution in [0, 0.1) is 0 Å². The first-order chi connectivity index (χ1) is 9.49. The molecule has 0 saturated heterocycles. The maximum absolute atomic E-state index is 11.7. The number of benzene rings is 1. The van der Waals surface area contributed by atoms with Crippen LogP contribution < -0.4 is 14.8 Å². The van der Waals surface area contributed by atoms with Crippen LogP contribution in [0.4, 0.5) is 0 Å². The summed E-state index contributed by atoms with van der Waals surface area (Å²) >= 11 is 0. The van der Waals surface area contributed by atoms with Crippen molar-refractivity contribution >= 4 is 5.91 Å². The zero-order valence-corrected chi connectivity index (χ0v) is 12.1. The molecule has 1 amide bonds. The number of aliphatic hydroxyl groups is 1. The van der Waals surface area contributed by atoms with Gasteiger partial charge in [-0.3, -0.25) is 4.79 Å². The molecule has 0 aromatic heterocycles. The molecule has 1 unspecified atom stereocenters. The first kappa shape index (κ1) is 16.0. The number of rotatable bonds is 7. The Balaban J connectivity index is 2.81. The van der Waals surface area contributed by atoms with Gasteiger partial charge in [0.15, 0.2) is 17.6 Å². The summed E-state index contributed by atoms with van der Waals surface area (Å²) in [7, 11) is 1.51. The third-order valence-electron chi connectivity index (χ3n) is 2.76. The predicted octanol–water partition coefficient (Wildman–Crippen LogP) is 1.82. The number of amides is 1. The molecule has 110 valence electrons. The van der Waals surface area contributed by atoms with Gasteiger partial charge in [-0.25, -0.2) is 0 Å². The normalized spacial score (nSPS) is 13.2. The fourth-order valence-electron chi connectivity index (χ4n) is 1.60. The van der Waals surface area contributed by atoms with E-state index in [1.54, 1.807) is 38.1 Å². The Morgan fingerprint density at radius 3 is 2.70 bits per heavy atom. The Kier molecular flexibility index (Phi) is 6.06. The van der Waals surface area contributed by atoms with E-state index in [2.05, 4.69) is 11.9 Å². The summed E-state index contributed by atoms with van der Waals surface area (Å²) in [6, 6.07) is 5.10. The molecule has 1 rings (SSSR count). The van der Waals surface area contributed by atoms with Crippen LogP contribution in [0.2, 0.25) is 0 Å². The Hall–Kier alpha value is -2.01. The highest BCUT2D eigenvalue weighted by molar-refractivity contribution is 5.80. The summed E-state index contributed by atoms with van der Waals surface area (Å²) in [6.07, 6.45) is 0.357. The molecule has 0 heterocycles. The lowest BCUT2D eigenvalue weighted by Gasteiger charge is -2.17. The van der Waals surface area contributed by atoms with Crippen molar-refractivity contribution in [3.05, 3.63) is 36.4 Å². The summed E-state index contributed by atoms with van der Waals surface area (Å²) in [5, 5.41) is 12.2. The van der Waals surface area contributed by atoms with Crippen molar-refractivity contribution < 1.29 is 19.4 Å². The second-order valence-electron chi connectivity index (χ2n) is 4.38. The highest BCUT2D eigenvalue weighted by atomic mass is 16.5. The van der Waals surface area contributed by atoms with Crippen LogP contribution in [0.15, 0.2) is 30.9 Å². The lowest BCUT2D eigenvalue weighted by atomic mass is 10.1. The molecule has 1 aromatic rings. The number of hydrogen-bond acceptors (Lipinski definition) is 4. The summed E-state index contributed by atoms with van der Waals surface area (Å²) in [5.74, 6) is 0.705. The third kappa shape index (κ3) is 4.28. The molecule has 0 fully saturated rings. The van der Waals surface area contributed by atoms with Crippen LogP contribution in [-0.2, 0) is 4.79 Å². The molecule has 0 radical (unpaired) electrons. The van der Waals surface area contributed by atoms with Crippen LogP contribution >= 0.6 is 0 Å². The molecule has 5 heteroatoms. The Morgan fingerprint density at radius 1 is 1.45 bits per heavy atom. The summed E-state index contributed by atoms with van der Waals surface area (Å²) < 4.78 is 10.8. The minimum Gasteiger partial charge on any atom is -0.493 e. The van der Waals surface area contributed by atoms with Crippen molar-refractivity contribution in [1.82, 2.24) is 5.32 Å². The number of methoxy groups -OCH3 is 1. The predicted molar refractivity (Wildman–Crippen MR) is 76.9 cm³/mol. The second-order valence-corrected chi connectivity index (χ2v) is 4.38. The van der Waals surface area contributed by atoms with E-state index in [0.29, 0.717) is 18.0 Å². The quantitative estimate of drug-likeness (QED) is 0.747. The average Bonchev–Trinajstić information content (AvgIpc) is 2.44. The molecule has 0 saturated carbocycles. The molecular formula is C15H21NO4. The first-order valence-electron chi connectivity index (χ1n) is 6.40. The van der Waals surface area contributed by atoms with Gasteiger partial charge in [-0.15, -0.1) is 6.58 Å². The fourth-order valence-corrected chi connectivity index (χ4v) is 1.60. The fraction of sp³-hybridized carbons (Fsp3) is 0.400. The van der Waals surface area contributed by atoms with Gasteiger partial charge in [0.2, 0.25) is 0 Å². The van der Waals surface area contributed by atoms with Gasteiger partial charge in [-0.2, -0.15) is 0 Å². The first-order valence-corrected chi connectivity index (χ1v) is 6.40. The molecule has 2 N–H and O–H groups in total. The molecule has 5 nitrogen and oxygen atoms in total. The molecule has 20 heavy (non-hydrogen) atoms. The Labute approximate surface area is 119 Å². The van der Waals surface area contributed by atoms with Crippen LogP contribution in [0.3, 0.4) is 0 Å². The van der Waals surface area contributed by atoms with E-state index in [0.717, 1.165) is 5.56 Å². The van der Waals surface area contributed by atoms with Gasteiger partial charge in [0.1, 0.15) is 0 Å². The summed E-state index contributed by atoms with van der Waals surface area (Å²) in [5.41, 5.74) is 0.720. The van der Waals surface area contributed by atoms with Gasteiger partial charge in [0.05, 0.1) is 13.2 Å². The molecule has 0 aliphatic carbocycles. The molecule has 0 aliphatic rings. The monoisotopic (exact) mass is 279 g/mol. The number of carbonyl (C=O) groups excluding carboxylic acids is 1. The number of carbonyl (C=O) groups is 1. The van der Waals surface area contributed by atoms with E-state index in [-0.39, 0.29) is 5.91 Å². The lowest BCUT2D eigenvalue weighted by molar-refractivity contribution is -0.127. The molecule has 2 atom stereocenters. The van der Waals surface area contributed by atoms with E-state index >= 15 is 0 Å². The molecular weight excluding hydrogens is 258 g/mol. The highest BCUT2D eigenvalue weighted by Gasteiger charge is 2.16. The van der Waals surface area contributed by atoms with Crippen molar-refractivity contribution in [2.24, 2.45) is 0 Å². The molecule has 0 aliphatic heterocycles. The van der Waals surface area contributed by atoms with Crippen molar-refractivity contribution in [2.45, 2.75) is 26.1 Å². The van der Waals surface area contributed by atoms with E-state index in [1.165, 1.54) is 7.11 Å². The number of ether oxygens (including phenoxy) is 2. The van der Waals surface area contributed by atoms with Crippen LogP contribution in [0.5, 0.6) is 11.5 Å². The maximum Gasteiger partial charge on any atom is 0.261 e. The zero-order chi connectivity index (χ0) is 15.1. The minimum atomic E-state index is -0.652. The Bertz CT molecular complexity index is 471. The van der Waals surface area contributed by atoms with Crippen molar-refractivity contribution in [2.75, 3.05) is 13.7 Å². The van der Waals surface area contributed by atoms with E-state index in [1.807, 2.05) is 0 Å². The average molecular weight is 279 g/mol. The van der Waals surface area contributed by atoms with Crippen molar-refractivity contribution in [3.8, 4) is 11.5 Å². The van der Waals surface area contributed by atoms with Gasteiger partial charge < -0.3 is 19.9 Å². The zero-order valence-electron chi connectivity index (χ0n) is 12.1. The lowest BCUT2D eigenvalue weighted by Crippen LogP contribution is -2.36.